The summed E-state index contributed by atoms with van der Waals surface area (Å²) in [4.78, 5) is 12.5. The molecule has 0 aliphatic heterocycles. The molecule has 0 saturated heterocycles. The number of aromatic nitrogens is 2. The second kappa shape index (κ2) is 11.3. The Morgan fingerprint density at radius 2 is 1.93 bits per heavy atom. The molecule has 2 unspecified atom stereocenters. The molecule has 3 aromatic rings. The highest BCUT2D eigenvalue weighted by atomic mass is 35.5. The molecule has 1 amide bonds. The van der Waals surface area contributed by atoms with E-state index in [2.05, 4.69) is 15.7 Å². The second-order valence-electron chi connectivity index (χ2n) is 6.78. The van der Waals surface area contributed by atoms with Gasteiger partial charge in [0, 0.05) is 25.4 Å². The van der Waals surface area contributed by atoms with Gasteiger partial charge in [-0.05, 0) is 30.3 Å². The molecule has 0 bridgehead atoms. The maximum atomic E-state index is 12.5. The van der Waals surface area contributed by atoms with Gasteiger partial charge in [0.15, 0.2) is 0 Å². The van der Waals surface area contributed by atoms with Gasteiger partial charge in [-0.2, -0.15) is 5.10 Å². The predicted molar refractivity (Wildman–Crippen MR) is 117 cm³/mol. The Balaban J connectivity index is 0.00000320. The third-order valence-electron chi connectivity index (χ3n) is 4.57. The van der Waals surface area contributed by atoms with Crippen LogP contribution in [0.2, 0.25) is 0 Å². The Bertz CT molecular complexity index is 933. The van der Waals surface area contributed by atoms with E-state index in [-0.39, 0.29) is 24.9 Å². The second-order valence-corrected chi connectivity index (χ2v) is 6.78. The third kappa shape index (κ3) is 6.32. The van der Waals surface area contributed by atoms with Gasteiger partial charge in [0.1, 0.15) is 18.4 Å². The third-order valence-corrected chi connectivity index (χ3v) is 4.57. The lowest BCUT2D eigenvalue weighted by atomic mass is 10.1. The van der Waals surface area contributed by atoms with E-state index < -0.39 is 12.1 Å². The van der Waals surface area contributed by atoms with Gasteiger partial charge >= 0.3 is 0 Å². The molecule has 0 fully saturated rings. The molecule has 8 heteroatoms. The van der Waals surface area contributed by atoms with Crippen molar-refractivity contribution in [2.45, 2.75) is 18.8 Å². The molecule has 2 atom stereocenters. The Labute approximate surface area is 182 Å². The van der Waals surface area contributed by atoms with Crippen molar-refractivity contribution in [3.63, 3.8) is 0 Å². The Hall–Kier alpha value is -2.87. The van der Waals surface area contributed by atoms with Crippen molar-refractivity contribution in [1.82, 2.24) is 20.4 Å². The van der Waals surface area contributed by atoms with Crippen molar-refractivity contribution >= 4 is 18.3 Å². The van der Waals surface area contributed by atoms with Crippen LogP contribution in [0.15, 0.2) is 67.0 Å². The number of carbonyl (C=O) groups is 1. The van der Waals surface area contributed by atoms with Crippen molar-refractivity contribution in [2.24, 2.45) is 7.05 Å². The Kier molecular flexibility index (Phi) is 8.86. The summed E-state index contributed by atoms with van der Waals surface area (Å²) in [7, 11) is 3.51. The highest BCUT2D eigenvalue weighted by Crippen LogP contribution is 2.20. The standard InChI is InChI=1S/C22H26N4O3.ClH/c1-23-21(18-12-25-26(2)14-18)22(28)24-13-20(27)17-9-6-10-19(11-17)29-15-16-7-4-3-5-8-16;/h3-12,14,20-21,23,27H,13,15H2,1-2H3,(H,24,28);1H. The highest BCUT2D eigenvalue weighted by molar-refractivity contribution is 5.85. The lowest BCUT2D eigenvalue weighted by Gasteiger charge is -2.17. The van der Waals surface area contributed by atoms with E-state index in [0.717, 1.165) is 11.1 Å². The number of amides is 1. The zero-order valence-corrected chi connectivity index (χ0v) is 17.8. The number of hydrogen-bond donors (Lipinski definition) is 3. The Morgan fingerprint density at radius 3 is 2.60 bits per heavy atom. The number of aliphatic hydroxyl groups excluding tert-OH is 1. The normalized spacial score (nSPS) is 12.5. The van der Waals surface area contributed by atoms with Crippen molar-refractivity contribution in [3.8, 4) is 5.75 Å². The van der Waals surface area contributed by atoms with E-state index in [0.29, 0.717) is 17.9 Å². The molecule has 0 spiro atoms. The maximum absolute atomic E-state index is 12.5. The number of nitrogens with zero attached hydrogens (tertiary/aromatic N) is 2. The molecular formula is C22H27ClN4O3. The smallest absolute Gasteiger partial charge is 0.241 e. The van der Waals surface area contributed by atoms with Gasteiger partial charge in [-0.25, -0.2) is 0 Å². The van der Waals surface area contributed by atoms with Gasteiger partial charge in [-0.15, -0.1) is 12.4 Å². The molecule has 0 radical (unpaired) electrons. The molecule has 160 valence electrons. The van der Waals surface area contributed by atoms with Gasteiger partial charge in [-0.3, -0.25) is 9.48 Å². The summed E-state index contributed by atoms with van der Waals surface area (Å²) in [5.74, 6) is 0.441. The average Bonchev–Trinajstić information content (AvgIpc) is 3.17. The van der Waals surface area contributed by atoms with Crippen LogP contribution in [0.3, 0.4) is 0 Å². The summed E-state index contributed by atoms with van der Waals surface area (Å²) in [6, 6.07) is 16.6. The van der Waals surface area contributed by atoms with Gasteiger partial charge in [-0.1, -0.05) is 42.5 Å². The van der Waals surface area contributed by atoms with Crippen LogP contribution in [-0.2, 0) is 18.4 Å². The van der Waals surface area contributed by atoms with Crippen LogP contribution >= 0.6 is 12.4 Å². The van der Waals surface area contributed by atoms with Crippen LogP contribution in [0.4, 0.5) is 0 Å². The molecule has 0 aliphatic rings. The van der Waals surface area contributed by atoms with Crippen LogP contribution < -0.4 is 15.4 Å². The zero-order valence-electron chi connectivity index (χ0n) is 17.0. The van der Waals surface area contributed by atoms with Gasteiger partial charge < -0.3 is 20.5 Å². The van der Waals surface area contributed by atoms with Crippen molar-refractivity contribution < 1.29 is 14.6 Å². The number of likely N-dealkylation sites (N-methyl/N-ethyl adjacent to an activating group) is 1. The fraction of sp³-hybridized carbons (Fsp3) is 0.273. The van der Waals surface area contributed by atoms with E-state index in [1.54, 1.807) is 37.2 Å². The molecule has 0 saturated carbocycles. The van der Waals surface area contributed by atoms with Crippen LogP contribution in [0.1, 0.15) is 28.8 Å². The minimum atomic E-state index is -0.842. The quantitative estimate of drug-likeness (QED) is 0.485. The van der Waals surface area contributed by atoms with Gasteiger partial charge in [0.25, 0.3) is 0 Å². The SMILES string of the molecule is CNC(C(=O)NCC(O)c1cccc(OCc2ccccc2)c1)c1cnn(C)c1.Cl. The monoisotopic (exact) mass is 430 g/mol. The first-order chi connectivity index (χ1) is 14.1. The minimum Gasteiger partial charge on any atom is -0.489 e. The maximum Gasteiger partial charge on any atom is 0.241 e. The fourth-order valence-electron chi connectivity index (χ4n) is 3.01. The van der Waals surface area contributed by atoms with Crippen LogP contribution in [0.5, 0.6) is 5.75 Å². The number of nitrogens with one attached hydrogen (secondary N) is 2. The first-order valence-corrected chi connectivity index (χ1v) is 9.45. The topological polar surface area (TPSA) is 88.4 Å². The lowest BCUT2D eigenvalue weighted by molar-refractivity contribution is -0.123. The summed E-state index contributed by atoms with van der Waals surface area (Å²) < 4.78 is 7.45. The Morgan fingerprint density at radius 1 is 1.17 bits per heavy atom. The summed E-state index contributed by atoms with van der Waals surface area (Å²) in [6.45, 7) is 0.547. The van der Waals surface area contributed by atoms with Crippen LogP contribution in [0.25, 0.3) is 0 Å². The summed E-state index contributed by atoms with van der Waals surface area (Å²) in [6.07, 6.45) is 2.58. The first-order valence-electron chi connectivity index (χ1n) is 9.45. The molecular weight excluding hydrogens is 404 g/mol. The van der Waals surface area contributed by atoms with Crippen LogP contribution in [-0.4, -0.2) is 34.4 Å². The van der Waals surface area contributed by atoms with E-state index in [9.17, 15) is 9.90 Å². The van der Waals surface area contributed by atoms with Gasteiger partial charge in [0.05, 0.1) is 12.3 Å². The number of carbonyl (C=O) groups excluding carboxylic acids is 1. The number of rotatable bonds is 9. The van der Waals surface area contributed by atoms with Gasteiger partial charge in [0.2, 0.25) is 5.91 Å². The molecule has 2 aromatic carbocycles. The van der Waals surface area contributed by atoms with E-state index in [1.807, 2.05) is 48.5 Å². The number of hydrogen-bond acceptors (Lipinski definition) is 5. The molecule has 1 aromatic heterocycles. The highest BCUT2D eigenvalue weighted by Gasteiger charge is 2.21. The number of benzene rings is 2. The predicted octanol–water partition coefficient (Wildman–Crippen LogP) is 2.53. The van der Waals surface area contributed by atoms with E-state index in [1.165, 1.54) is 0 Å². The zero-order chi connectivity index (χ0) is 20.6. The van der Waals surface area contributed by atoms with E-state index >= 15 is 0 Å². The summed E-state index contributed by atoms with van der Waals surface area (Å²) in [5.41, 5.74) is 2.51. The molecule has 0 aliphatic carbocycles. The molecule has 3 rings (SSSR count). The van der Waals surface area contributed by atoms with Crippen molar-refractivity contribution in [3.05, 3.63) is 83.7 Å². The largest absolute Gasteiger partial charge is 0.489 e. The number of aliphatic hydroxyl groups is 1. The fourth-order valence-corrected chi connectivity index (χ4v) is 3.01. The van der Waals surface area contributed by atoms with Crippen molar-refractivity contribution in [2.75, 3.05) is 13.6 Å². The number of aryl methyl sites for hydroxylation is 1. The molecule has 1 heterocycles. The van der Waals surface area contributed by atoms with Crippen molar-refractivity contribution in [1.29, 1.82) is 0 Å². The number of halogens is 1. The van der Waals surface area contributed by atoms with Crippen LogP contribution in [0, 0.1) is 0 Å². The minimum absolute atomic E-state index is 0. The first kappa shape index (κ1) is 23.4. The lowest BCUT2D eigenvalue weighted by Crippen LogP contribution is -2.37. The average molecular weight is 431 g/mol. The molecule has 7 nitrogen and oxygen atoms in total. The molecule has 30 heavy (non-hydrogen) atoms. The van der Waals surface area contributed by atoms with E-state index in [4.69, 9.17) is 4.74 Å². The summed E-state index contributed by atoms with van der Waals surface area (Å²) in [5, 5.41) is 20.4. The molecule has 3 N–H and O–H groups in total. The number of ether oxygens (including phenoxy) is 1. The summed E-state index contributed by atoms with van der Waals surface area (Å²) >= 11 is 0.